The zero-order chi connectivity index (χ0) is 22.1. The number of nitrogens with zero attached hydrogens (tertiary/aromatic N) is 3. The van der Waals surface area contributed by atoms with E-state index in [9.17, 15) is 9.59 Å². The Bertz CT molecular complexity index is 915. The van der Waals surface area contributed by atoms with Crippen molar-refractivity contribution < 1.29 is 23.5 Å². The molecule has 0 spiro atoms. The summed E-state index contributed by atoms with van der Waals surface area (Å²) >= 11 is 0. The van der Waals surface area contributed by atoms with Crippen LogP contribution >= 0.6 is 0 Å². The number of para-hydroxylation sites is 1. The van der Waals surface area contributed by atoms with Gasteiger partial charge in [-0.25, -0.2) is 9.59 Å². The largest absolute Gasteiger partial charge is 0.465 e. The highest BCUT2D eigenvalue weighted by Crippen LogP contribution is 2.28. The molecule has 1 fully saturated rings. The van der Waals surface area contributed by atoms with Gasteiger partial charge in [-0.15, -0.1) is 0 Å². The average molecular weight is 418 g/mol. The van der Waals surface area contributed by atoms with Crippen LogP contribution in [0.2, 0.25) is 0 Å². The molecule has 164 valence electrons. The molecule has 1 aromatic heterocycles. The lowest BCUT2D eigenvalue weighted by atomic mass is 10.0. The molecule has 30 heavy (non-hydrogen) atoms. The van der Waals surface area contributed by atoms with Gasteiger partial charge in [-0.3, -0.25) is 0 Å². The molecular formula is C22H31N3O5. The van der Waals surface area contributed by atoms with E-state index in [1.54, 1.807) is 18.2 Å². The Morgan fingerprint density at radius 1 is 1.27 bits per heavy atom. The fourth-order valence-corrected chi connectivity index (χ4v) is 3.68. The SMILES string of the molecule is COC(=O)c1cccc2oc(N3CCN(C(=O)OC(C)(C)C)[C@@H](CC(C)C)C3)nc12. The molecule has 8 nitrogen and oxygen atoms in total. The number of benzene rings is 1. The normalized spacial score (nSPS) is 17.5. The molecule has 3 rings (SSSR count). The van der Waals surface area contributed by atoms with Gasteiger partial charge in [0.2, 0.25) is 0 Å². The van der Waals surface area contributed by atoms with Crippen molar-refractivity contribution in [1.29, 1.82) is 0 Å². The first-order chi connectivity index (χ1) is 14.1. The number of esters is 1. The van der Waals surface area contributed by atoms with Crippen molar-refractivity contribution in [3.63, 3.8) is 0 Å². The topological polar surface area (TPSA) is 85.1 Å². The third-order valence-corrected chi connectivity index (χ3v) is 4.94. The molecule has 0 saturated carbocycles. The lowest BCUT2D eigenvalue weighted by Gasteiger charge is -2.41. The highest BCUT2D eigenvalue weighted by molar-refractivity contribution is 6.01. The maximum Gasteiger partial charge on any atom is 0.410 e. The maximum absolute atomic E-state index is 12.7. The number of hydrogen-bond donors (Lipinski definition) is 0. The van der Waals surface area contributed by atoms with Crippen molar-refractivity contribution >= 4 is 29.2 Å². The molecule has 0 bridgehead atoms. The number of rotatable bonds is 4. The summed E-state index contributed by atoms with van der Waals surface area (Å²) in [6.07, 6.45) is 0.543. The number of methoxy groups -OCH3 is 1. The third-order valence-electron chi connectivity index (χ3n) is 4.94. The van der Waals surface area contributed by atoms with E-state index >= 15 is 0 Å². The van der Waals surface area contributed by atoms with Gasteiger partial charge >= 0.3 is 12.1 Å². The molecule has 1 aromatic carbocycles. The van der Waals surface area contributed by atoms with Crippen molar-refractivity contribution in [2.45, 2.75) is 52.7 Å². The standard InChI is InChI=1S/C22H31N3O5/c1-14(2)12-15-13-24(10-11-25(15)21(27)30-22(3,4)5)20-23-18-16(19(26)28-6)8-7-9-17(18)29-20/h7-9,14-15H,10-13H2,1-6H3/t15-/m0/s1. The maximum atomic E-state index is 12.7. The minimum absolute atomic E-state index is 0.0244. The van der Waals surface area contributed by atoms with Gasteiger partial charge < -0.3 is 23.7 Å². The van der Waals surface area contributed by atoms with E-state index in [4.69, 9.17) is 13.9 Å². The van der Waals surface area contributed by atoms with E-state index in [0.717, 1.165) is 6.42 Å². The minimum atomic E-state index is -0.540. The second-order valence-electron chi connectivity index (χ2n) is 9.04. The quantitative estimate of drug-likeness (QED) is 0.693. The monoisotopic (exact) mass is 417 g/mol. The number of carbonyl (C=O) groups excluding carboxylic acids is 2. The molecule has 0 N–H and O–H groups in total. The first-order valence-electron chi connectivity index (χ1n) is 10.3. The Labute approximate surface area is 177 Å². The van der Waals surface area contributed by atoms with Crippen molar-refractivity contribution in [3.8, 4) is 0 Å². The third kappa shape index (κ3) is 4.86. The Morgan fingerprint density at radius 2 is 2.00 bits per heavy atom. The van der Waals surface area contributed by atoms with E-state index in [2.05, 4.69) is 18.8 Å². The van der Waals surface area contributed by atoms with E-state index in [1.165, 1.54) is 7.11 Å². The lowest BCUT2D eigenvalue weighted by molar-refractivity contribution is 0.0117. The molecule has 0 aliphatic carbocycles. The van der Waals surface area contributed by atoms with Crippen molar-refractivity contribution in [3.05, 3.63) is 23.8 Å². The van der Waals surface area contributed by atoms with Crippen LogP contribution in [0.1, 0.15) is 51.4 Å². The van der Waals surface area contributed by atoms with E-state index in [0.29, 0.717) is 48.2 Å². The molecule has 2 aromatic rings. The van der Waals surface area contributed by atoms with E-state index in [1.807, 2.05) is 30.6 Å². The Balaban J connectivity index is 1.84. The van der Waals surface area contributed by atoms with Crippen molar-refractivity contribution in [2.75, 3.05) is 31.6 Å². The van der Waals surface area contributed by atoms with Gasteiger partial charge in [0.1, 0.15) is 11.1 Å². The summed E-state index contributed by atoms with van der Waals surface area (Å²) in [7, 11) is 1.34. The Hall–Kier alpha value is -2.77. The lowest BCUT2D eigenvalue weighted by Crippen LogP contribution is -2.56. The van der Waals surface area contributed by atoms with Crippen LogP contribution < -0.4 is 4.90 Å². The van der Waals surface area contributed by atoms with Crippen LogP contribution in [0.25, 0.3) is 11.1 Å². The summed E-state index contributed by atoms with van der Waals surface area (Å²) in [5.41, 5.74) is 0.842. The fraction of sp³-hybridized carbons (Fsp3) is 0.591. The number of carbonyl (C=O) groups is 2. The predicted octanol–water partition coefficient (Wildman–Crippen LogP) is 4.09. The summed E-state index contributed by atoms with van der Waals surface area (Å²) in [6, 6.07) is 5.61. The fourth-order valence-electron chi connectivity index (χ4n) is 3.68. The van der Waals surface area contributed by atoms with Crippen LogP contribution in [0.4, 0.5) is 10.8 Å². The van der Waals surface area contributed by atoms with E-state index in [-0.39, 0.29) is 12.1 Å². The van der Waals surface area contributed by atoms with Gasteiger partial charge in [-0.2, -0.15) is 4.98 Å². The molecule has 1 aliphatic rings. The van der Waals surface area contributed by atoms with Gasteiger partial charge in [-0.05, 0) is 45.2 Å². The smallest absolute Gasteiger partial charge is 0.410 e. The highest BCUT2D eigenvalue weighted by Gasteiger charge is 2.35. The number of fused-ring (bicyclic) bond motifs is 1. The van der Waals surface area contributed by atoms with Gasteiger partial charge in [0.15, 0.2) is 5.58 Å². The molecule has 1 saturated heterocycles. The molecule has 0 unspecified atom stereocenters. The number of ether oxygens (including phenoxy) is 2. The first kappa shape index (κ1) is 21.9. The van der Waals surface area contributed by atoms with Crippen LogP contribution in [0.15, 0.2) is 22.6 Å². The zero-order valence-corrected chi connectivity index (χ0v) is 18.6. The number of hydrogen-bond acceptors (Lipinski definition) is 7. The number of amides is 1. The minimum Gasteiger partial charge on any atom is -0.465 e. The Morgan fingerprint density at radius 3 is 2.63 bits per heavy atom. The zero-order valence-electron chi connectivity index (χ0n) is 18.6. The average Bonchev–Trinajstić information content (AvgIpc) is 3.09. The molecule has 1 aliphatic heterocycles. The van der Waals surface area contributed by atoms with Crippen LogP contribution in [-0.4, -0.2) is 60.3 Å². The molecule has 1 amide bonds. The molecule has 0 radical (unpaired) electrons. The number of anilines is 1. The highest BCUT2D eigenvalue weighted by atomic mass is 16.6. The van der Waals surface area contributed by atoms with Crippen molar-refractivity contribution in [2.24, 2.45) is 5.92 Å². The second kappa shape index (κ2) is 8.53. The summed E-state index contributed by atoms with van der Waals surface area (Å²) in [5, 5.41) is 0. The Kier molecular flexibility index (Phi) is 6.24. The van der Waals surface area contributed by atoms with Crippen LogP contribution in [0, 0.1) is 5.92 Å². The number of aromatic nitrogens is 1. The summed E-state index contributed by atoms with van der Waals surface area (Å²) < 4.78 is 16.4. The van der Waals surface area contributed by atoms with Gasteiger partial charge in [0.25, 0.3) is 6.01 Å². The molecule has 8 heteroatoms. The van der Waals surface area contributed by atoms with Crippen molar-refractivity contribution in [1.82, 2.24) is 9.88 Å². The van der Waals surface area contributed by atoms with Gasteiger partial charge in [0, 0.05) is 19.6 Å². The summed E-state index contributed by atoms with van der Waals surface area (Å²) in [5.74, 6) is -0.0395. The summed E-state index contributed by atoms with van der Waals surface area (Å²) in [4.78, 5) is 33.2. The molecule has 1 atom stereocenters. The first-order valence-corrected chi connectivity index (χ1v) is 10.3. The van der Waals surface area contributed by atoms with Crippen LogP contribution in [0.5, 0.6) is 0 Å². The molecule has 2 heterocycles. The number of oxazole rings is 1. The molecular weight excluding hydrogens is 386 g/mol. The van der Waals surface area contributed by atoms with Crippen LogP contribution in [-0.2, 0) is 9.47 Å². The van der Waals surface area contributed by atoms with E-state index < -0.39 is 11.6 Å². The summed E-state index contributed by atoms with van der Waals surface area (Å²) in [6.45, 7) is 11.5. The number of piperazine rings is 1. The predicted molar refractivity (Wildman–Crippen MR) is 114 cm³/mol. The van der Waals surface area contributed by atoms with Crippen LogP contribution in [0.3, 0.4) is 0 Å². The van der Waals surface area contributed by atoms with Gasteiger partial charge in [0.05, 0.1) is 18.7 Å². The van der Waals surface area contributed by atoms with Gasteiger partial charge in [-0.1, -0.05) is 19.9 Å². The second-order valence-corrected chi connectivity index (χ2v) is 9.04.